The number of hydrogen-bond acceptors (Lipinski definition) is 4. The van der Waals surface area contributed by atoms with Crippen LogP contribution >= 0.6 is 11.6 Å². The number of ether oxygens (including phenoxy) is 1. The van der Waals surface area contributed by atoms with Gasteiger partial charge in [-0.25, -0.2) is 4.68 Å². The summed E-state index contributed by atoms with van der Waals surface area (Å²) < 4.78 is 7.66. The highest BCUT2D eigenvalue weighted by Gasteiger charge is 2.25. The predicted octanol–water partition coefficient (Wildman–Crippen LogP) is 2.13. The molecule has 1 aliphatic rings. The molecule has 6 heteroatoms. The Kier molecular flexibility index (Phi) is 3.18. The molecule has 0 bridgehead atoms. The lowest BCUT2D eigenvalue weighted by atomic mass is 10.0. The molecule has 2 heterocycles. The molecule has 0 fully saturated rings. The van der Waals surface area contributed by atoms with Gasteiger partial charge in [0, 0.05) is 11.4 Å². The maximum Gasteiger partial charge on any atom is 0.123 e. The van der Waals surface area contributed by atoms with E-state index >= 15 is 0 Å². The van der Waals surface area contributed by atoms with Gasteiger partial charge < -0.3 is 10.5 Å². The third-order valence-corrected chi connectivity index (χ3v) is 3.59. The molecule has 1 unspecified atom stereocenters. The largest absolute Gasteiger partial charge is 0.488 e. The Hall–Kier alpha value is -1.59. The first-order chi connectivity index (χ1) is 9.41. The molecule has 2 aromatic rings. The molecule has 0 saturated heterocycles. The van der Waals surface area contributed by atoms with Gasteiger partial charge in [0.05, 0.1) is 18.3 Å². The molecule has 1 aliphatic heterocycles. The van der Waals surface area contributed by atoms with Crippen LogP contribution in [0.4, 0.5) is 0 Å². The topological polar surface area (TPSA) is 66.0 Å². The Labute approximate surface area is 122 Å². The van der Waals surface area contributed by atoms with E-state index in [1.54, 1.807) is 4.68 Å². The van der Waals surface area contributed by atoms with Crippen molar-refractivity contribution in [2.45, 2.75) is 38.5 Å². The fraction of sp³-hybridized carbons (Fsp3) is 0.429. The first-order valence-corrected chi connectivity index (χ1v) is 6.94. The molecule has 20 heavy (non-hydrogen) atoms. The van der Waals surface area contributed by atoms with Crippen LogP contribution in [0.15, 0.2) is 24.4 Å². The van der Waals surface area contributed by atoms with E-state index in [1.165, 1.54) is 0 Å². The number of hydrogen-bond donors (Lipinski definition) is 1. The average molecular weight is 293 g/mol. The van der Waals surface area contributed by atoms with Crippen LogP contribution in [0, 0.1) is 0 Å². The molecule has 0 radical (unpaired) electrons. The van der Waals surface area contributed by atoms with Gasteiger partial charge in [-0.3, -0.25) is 0 Å². The first kappa shape index (κ1) is 13.4. The van der Waals surface area contributed by atoms with Gasteiger partial charge in [-0.05, 0) is 37.6 Å². The average Bonchev–Trinajstić information content (AvgIpc) is 2.94. The van der Waals surface area contributed by atoms with Crippen LogP contribution < -0.4 is 10.5 Å². The Bertz CT molecular complexity index is 632. The molecule has 2 N–H and O–H groups in total. The third-order valence-electron chi connectivity index (χ3n) is 3.35. The third kappa shape index (κ3) is 2.64. The zero-order valence-corrected chi connectivity index (χ0v) is 12.3. The summed E-state index contributed by atoms with van der Waals surface area (Å²) in [6.07, 6.45) is 2.76. The molecule has 106 valence electrons. The summed E-state index contributed by atoms with van der Waals surface area (Å²) in [7, 11) is 0. The van der Waals surface area contributed by atoms with Crippen molar-refractivity contribution >= 4 is 11.6 Å². The molecule has 0 spiro atoms. The van der Waals surface area contributed by atoms with Crippen molar-refractivity contribution in [3.63, 3.8) is 0 Å². The van der Waals surface area contributed by atoms with Crippen molar-refractivity contribution in [3.8, 4) is 5.75 Å². The Balaban J connectivity index is 1.70. The van der Waals surface area contributed by atoms with Crippen molar-refractivity contribution in [2.75, 3.05) is 0 Å². The lowest BCUT2D eigenvalue weighted by molar-refractivity contribution is 0.202. The minimum absolute atomic E-state index is 0.0545. The quantitative estimate of drug-likeness (QED) is 0.941. The monoisotopic (exact) mass is 292 g/mol. The van der Waals surface area contributed by atoms with E-state index in [2.05, 4.69) is 10.3 Å². The van der Waals surface area contributed by atoms with Crippen LogP contribution in [0.1, 0.15) is 25.1 Å². The fourth-order valence-electron chi connectivity index (χ4n) is 2.28. The minimum Gasteiger partial charge on any atom is -0.488 e. The van der Waals surface area contributed by atoms with Crippen molar-refractivity contribution in [1.82, 2.24) is 15.0 Å². The van der Waals surface area contributed by atoms with Gasteiger partial charge in [-0.1, -0.05) is 16.8 Å². The summed E-state index contributed by atoms with van der Waals surface area (Å²) in [4.78, 5) is 0. The molecule has 1 aromatic heterocycles. The SMILES string of the molecule is CC(C)(N)c1cn(CC2Cc3cc(Cl)ccc3O2)nn1. The number of halogens is 1. The summed E-state index contributed by atoms with van der Waals surface area (Å²) in [6, 6.07) is 5.70. The number of aromatic nitrogens is 3. The number of nitrogens with zero attached hydrogens (tertiary/aromatic N) is 3. The second-order valence-electron chi connectivity index (χ2n) is 5.74. The summed E-state index contributed by atoms with van der Waals surface area (Å²) in [5.74, 6) is 0.902. The second kappa shape index (κ2) is 4.75. The van der Waals surface area contributed by atoms with Crippen LogP contribution in [0.2, 0.25) is 5.02 Å². The molecule has 0 saturated carbocycles. The Morgan fingerprint density at radius 1 is 1.50 bits per heavy atom. The van der Waals surface area contributed by atoms with Crippen molar-refractivity contribution in [2.24, 2.45) is 5.73 Å². The minimum atomic E-state index is -0.481. The zero-order valence-electron chi connectivity index (χ0n) is 11.5. The van der Waals surface area contributed by atoms with Crippen LogP contribution in [0.3, 0.4) is 0 Å². The molecular weight excluding hydrogens is 276 g/mol. The molecule has 0 aliphatic carbocycles. The predicted molar refractivity (Wildman–Crippen MR) is 76.8 cm³/mol. The standard InChI is InChI=1S/C14H17ClN4O/c1-14(2,16)13-8-19(18-17-13)7-11-6-9-5-10(15)3-4-12(9)20-11/h3-5,8,11H,6-7,16H2,1-2H3. The number of rotatable bonds is 3. The van der Waals surface area contributed by atoms with E-state index < -0.39 is 5.54 Å². The van der Waals surface area contributed by atoms with E-state index in [0.29, 0.717) is 6.54 Å². The Morgan fingerprint density at radius 2 is 2.30 bits per heavy atom. The van der Waals surface area contributed by atoms with Gasteiger partial charge in [0.15, 0.2) is 0 Å². The van der Waals surface area contributed by atoms with Gasteiger partial charge in [0.2, 0.25) is 0 Å². The summed E-state index contributed by atoms with van der Waals surface area (Å²) >= 11 is 5.99. The van der Waals surface area contributed by atoms with Gasteiger partial charge in [-0.15, -0.1) is 5.10 Å². The highest BCUT2D eigenvalue weighted by Crippen LogP contribution is 2.31. The lowest BCUT2D eigenvalue weighted by Crippen LogP contribution is -2.29. The highest BCUT2D eigenvalue weighted by molar-refractivity contribution is 6.30. The van der Waals surface area contributed by atoms with Crippen molar-refractivity contribution < 1.29 is 4.74 Å². The summed E-state index contributed by atoms with van der Waals surface area (Å²) in [6.45, 7) is 4.46. The number of benzene rings is 1. The van der Waals surface area contributed by atoms with E-state index in [1.807, 2.05) is 38.2 Å². The van der Waals surface area contributed by atoms with Gasteiger partial charge in [0.25, 0.3) is 0 Å². The maximum atomic E-state index is 6.00. The van der Waals surface area contributed by atoms with Gasteiger partial charge >= 0.3 is 0 Å². The molecular formula is C14H17ClN4O. The first-order valence-electron chi connectivity index (χ1n) is 6.56. The summed E-state index contributed by atoms with van der Waals surface area (Å²) in [5.41, 5.74) is 7.44. The normalized spacial score (nSPS) is 17.9. The fourth-order valence-corrected chi connectivity index (χ4v) is 2.48. The van der Waals surface area contributed by atoms with Crippen molar-refractivity contribution in [1.29, 1.82) is 0 Å². The Morgan fingerprint density at radius 3 is 3.00 bits per heavy atom. The maximum absolute atomic E-state index is 6.00. The molecule has 5 nitrogen and oxygen atoms in total. The molecule has 0 amide bonds. The van der Waals surface area contributed by atoms with E-state index in [9.17, 15) is 0 Å². The second-order valence-corrected chi connectivity index (χ2v) is 6.18. The van der Waals surface area contributed by atoms with Gasteiger partial charge in [-0.2, -0.15) is 0 Å². The molecule has 1 atom stereocenters. The summed E-state index contributed by atoms with van der Waals surface area (Å²) in [5, 5.41) is 8.95. The van der Waals surface area contributed by atoms with E-state index in [4.69, 9.17) is 22.1 Å². The number of fused-ring (bicyclic) bond motifs is 1. The van der Waals surface area contributed by atoms with Crippen LogP contribution in [-0.2, 0) is 18.5 Å². The van der Waals surface area contributed by atoms with Crippen molar-refractivity contribution in [3.05, 3.63) is 40.7 Å². The zero-order chi connectivity index (χ0) is 14.3. The molecule has 1 aromatic carbocycles. The lowest BCUT2D eigenvalue weighted by Gasteiger charge is -2.13. The highest BCUT2D eigenvalue weighted by atomic mass is 35.5. The van der Waals surface area contributed by atoms with Crippen LogP contribution in [0.5, 0.6) is 5.75 Å². The van der Waals surface area contributed by atoms with Gasteiger partial charge in [0.1, 0.15) is 17.5 Å². The van der Waals surface area contributed by atoms with E-state index in [-0.39, 0.29) is 6.10 Å². The number of nitrogens with two attached hydrogens (primary N) is 1. The van der Waals surface area contributed by atoms with E-state index in [0.717, 1.165) is 28.5 Å². The van der Waals surface area contributed by atoms with Crippen LogP contribution in [-0.4, -0.2) is 21.1 Å². The van der Waals surface area contributed by atoms with Crippen LogP contribution in [0.25, 0.3) is 0 Å². The molecule has 3 rings (SSSR count). The smallest absolute Gasteiger partial charge is 0.123 e.